The normalized spacial score (nSPS) is 23.1. The van der Waals surface area contributed by atoms with E-state index in [4.69, 9.17) is 5.26 Å². The number of hydrogen-bond acceptors (Lipinski definition) is 3. The summed E-state index contributed by atoms with van der Waals surface area (Å²) in [5, 5.41) is 11.6. The highest BCUT2D eigenvalue weighted by Gasteiger charge is 2.31. The molecule has 2 atom stereocenters. The lowest BCUT2D eigenvalue weighted by atomic mass is 10.2. The fraction of sp³-hybridized carbons (Fsp3) is 0.636. The predicted octanol–water partition coefficient (Wildman–Crippen LogP) is 0.665. The lowest BCUT2D eigenvalue weighted by molar-refractivity contribution is -0.125. The van der Waals surface area contributed by atoms with Crippen molar-refractivity contribution in [1.29, 1.82) is 5.26 Å². The van der Waals surface area contributed by atoms with Crippen molar-refractivity contribution in [2.75, 3.05) is 13.1 Å². The summed E-state index contributed by atoms with van der Waals surface area (Å²) in [4.78, 5) is 13.6. The summed E-state index contributed by atoms with van der Waals surface area (Å²) in [7, 11) is 0. The van der Waals surface area contributed by atoms with Crippen molar-refractivity contribution in [2.24, 2.45) is 0 Å². The molecule has 0 aromatic rings. The molecule has 0 radical (unpaired) electrons. The fourth-order valence-electron chi connectivity index (χ4n) is 1.86. The number of nitrogens with zero attached hydrogens (tertiary/aromatic N) is 2. The van der Waals surface area contributed by atoms with Gasteiger partial charge in [-0.1, -0.05) is 6.08 Å². The Morgan fingerprint density at radius 1 is 1.87 bits per heavy atom. The van der Waals surface area contributed by atoms with Gasteiger partial charge in [-0.25, -0.2) is 0 Å². The molecule has 0 bridgehead atoms. The Balaban J connectivity index is 2.52. The SMILES string of the molecule is C=CCNC(=O)C(C)N1CCCC1C#N. The molecule has 1 aliphatic heterocycles. The lowest BCUT2D eigenvalue weighted by Crippen LogP contribution is -2.46. The van der Waals surface area contributed by atoms with Crippen LogP contribution in [0.15, 0.2) is 12.7 Å². The van der Waals surface area contributed by atoms with Crippen LogP contribution >= 0.6 is 0 Å². The summed E-state index contributed by atoms with van der Waals surface area (Å²) in [5.74, 6) is -0.0305. The van der Waals surface area contributed by atoms with Gasteiger partial charge in [-0.15, -0.1) is 6.58 Å². The van der Waals surface area contributed by atoms with Crippen LogP contribution in [0.3, 0.4) is 0 Å². The second-order valence-corrected chi connectivity index (χ2v) is 3.73. The molecule has 0 saturated carbocycles. The van der Waals surface area contributed by atoms with Crippen LogP contribution in [0.1, 0.15) is 19.8 Å². The first kappa shape index (κ1) is 11.7. The summed E-state index contributed by atoms with van der Waals surface area (Å²) in [6.45, 7) is 6.70. The van der Waals surface area contributed by atoms with Gasteiger partial charge in [0.05, 0.1) is 18.2 Å². The fourth-order valence-corrected chi connectivity index (χ4v) is 1.86. The standard InChI is InChI=1S/C11H17N3O/c1-3-6-13-11(15)9(2)14-7-4-5-10(14)8-12/h3,9-10H,1,4-7H2,2H3,(H,13,15). The van der Waals surface area contributed by atoms with Gasteiger partial charge in [-0.3, -0.25) is 9.69 Å². The zero-order chi connectivity index (χ0) is 11.3. The number of nitriles is 1. The van der Waals surface area contributed by atoms with Gasteiger partial charge in [0, 0.05) is 13.1 Å². The summed E-state index contributed by atoms with van der Waals surface area (Å²) in [6.07, 6.45) is 3.52. The van der Waals surface area contributed by atoms with Crippen LogP contribution in [0.4, 0.5) is 0 Å². The minimum absolute atomic E-state index is 0.0305. The first-order valence-electron chi connectivity index (χ1n) is 5.24. The van der Waals surface area contributed by atoms with E-state index < -0.39 is 0 Å². The molecule has 0 aliphatic carbocycles. The molecule has 82 valence electrons. The van der Waals surface area contributed by atoms with Crippen molar-refractivity contribution in [2.45, 2.75) is 31.8 Å². The Morgan fingerprint density at radius 2 is 2.60 bits per heavy atom. The van der Waals surface area contributed by atoms with Crippen molar-refractivity contribution in [3.05, 3.63) is 12.7 Å². The molecule has 1 N–H and O–H groups in total. The van der Waals surface area contributed by atoms with Gasteiger partial charge >= 0.3 is 0 Å². The van der Waals surface area contributed by atoms with Crippen LogP contribution in [0.5, 0.6) is 0 Å². The van der Waals surface area contributed by atoms with Crippen LogP contribution in [0.25, 0.3) is 0 Å². The van der Waals surface area contributed by atoms with Crippen LogP contribution in [0.2, 0.25) is 0 Å². The number of nitrogens with one attached hydrogen (secondary N) is 1. The molecule has 1 amide bonds. The topological polar surface area (TPSA) is 56.1 Å². The number of carbonyl (C=O) groups is 1. The van der Waals surface area contributed by atoms with Crippen LogP contribution in [-0.2, 0) is 4.79 Å². The maximum Gasteiger partial charge on any atom is 0.237 e. The number of rotatable bonds is 4. The van der Waals surface area contributed by atoms with Crippen molar-refractivity contribution in [3.63, 3.8) is 0 Å². The third-order valence-corrected chi connectivity index (χ3v) is 2.74. The van der Waals surface area contributed by atoms with Crippen molar-refractivity contribution < 1.29 is 4.79 Å². The molecule has 0 spiro atoms. The molecule has 15 heavy (non-hydrogen) atoms. The van der Waals surface area contributed by atoms with Gasteiger partial charge in [0.15, 0.2) is 0 Å². The van der Waals surface area contributed by atoms with Crippen LogP contribution in [0, 0.1) is 11.3 Å². The average Bonchev–Trinajstić information content (AvgIpc) is 2.72. The molecule has 4 nitrogen and oxygen atoms in total. The summed E-state index contributed by atoms with van der Waals surface area (Å²) in [6, 6.07) is 1.90. The van der Waals surface area contributed by atoms with E-state index in [1.54, 1.807) is 6.08 Å². The summed E-state index contributed by atoms with van der Waals surface area (Å²) >= 11 is 0. The quantitative estimate of drug-likeness (QED) is 0.689. The summed E-state index contributed by atoms with van der Waals surface area (Å²) in [5.41, 5.74) is 0. The molecule has 1 rings (SSSR count). The predicted molar refractivity (Wildman–Crippen MR) is 58.0 cm³/mol. The minimum Gasteiger partial charge on any atom is -0.351 e. The third kappa shape index (κ3) is 2.80. The van der Waals surface area contributed by atoms with Gasteiger partial charge in [0.1, 0.15) is 0 Å². The number of likely N-dealkylation sites (tertiary alicyclic amines) is 1. The maximum atomic E-state index is 11.6. The number of carbonyl (C=O) groups excluding carboxylic acids is 1. The number of hydrogen-bond donors (Lipinski definition) is 1. The Kier molecular flexibility index (Phi) is 4.32. The van der Waals surface area contributed by atoms with Crippen LogP contribution < -0.4 is 5.32 Å². The van der Waals surface area contributed by atoms with Gasteiger partial charge in [0.25, 0.3) is 0 Å². The van der Waals surface area contributed by atoms with E-state index in [1.807, 2.05) is 11.8 Å². The summed E-state index contributed by atoms with van der Waals surface area (Å²) < 4.78 is 0. The Bertz CT molecular complexity index is 282. The molecule has 4 heteroatoms. The molecule has 2 unspecified atom stereocenters. The molecule has 1 saturated heterocycles. The number of amides is 1. The van der Waals surface area contributed by atoms with Gasteiger partial charge in [-0.05, 0) is 19.8 Å². The Morgan fingerprint density at radius 3 is 3.20 bits per heavy atom. The first-order valence-corrected chi connectivity index (χ1v) is 5.24. The monoisotopic (exact) mass is 207 g/mol. The van der Waals surface area contributed by atoms with Crippen molar-refractivity contribution in [1.82, 2.24) is 10.2 Å². The Hall–Kier alpha value is -1.34. The molecule has 1 fully saturated rings. The molecule has 0 aromatic carbocycles. The maximum absolute atomic E-state index is 11.6. The lowest BCUT2D eigenvalue weighted by Gasteiger charge is -2.25. The largest absolute Gasteiger partial charge is 0.351 e. The zero-order valence-corrected chi connectivity index (χ0v) is 9.07. The van der Waals surface area contributed by atoms with Gasteiger partial charge in [-0.2, -0.15) is 5.26 Å². The van der Waals surface area contributed by atoms with Gasteiger partial charge in [0.2, 0.25) is 5.91 Å². The van der Waals surface area contributed by atoms with E-state index in [2.05, 4.69) is 18.0 Å². The van der Waals surface area contributed by atoms with Crippen LogP contribution in [-0.4, -0.2) is 36.0 Å². The van der Waals surface area contributed by atoms with E-state index in [9.17, 15) is 4.79 Å². The smallest absolute Gasteiger partial charge is 0.237 e. The Labute approximate surface area is 90.6 Å². The van der Waals surface area contributed by atoms with E-state index in [-0.39, 0.29) is 18.0 Å². The van der Waals surface area contributed by atoms with Gasteiger partial charge < -0.3 is 5.32 Å². The minimum atomic E-state index is -0.225. The highest BCUT2D eigenvalue weighted by molar-refractivity contribution is 5.81. The van der Waals surface area contributed by atoms with Crippen molar-refractivity contribution in [3.8, 4) is 6.07 Å². The van der Waals surface area contributed by atoms with E-state index >= 15 is 0 Å². The molecular weight excluding hydrogens is 190 g/mol. The first-order chi connectivity index (χ1) is 7.20. The zero-order valence-electron chi connectivity index (χ0n) is 9.07. The van der Waals surface area contributed by atoms with E-state index in [1.165, 1.54) is 0 Å². The second-order valence-electron chi connectivity index (χ2n) is 3.73. The van der Waals surface area contributed by atoms with E-state index in [0.717, 1.165) is 19.4 Å². The average molecular weight is 207 g/mol. The highest BCUT2D eigenvalue weighted by Crippen LogP contribution is 2.19. The van der Waals surface area contributed by atoms with E-state index in [0.29, 0.717) is 6.54 Å². The molecule has 1 aliphatic rings. The highest BCUT2D eigenvalue weighted by atomic mass is 16.2. The van der Waals surface area contributed by atoms with Crippen molar-refractivity contribution >= 4 is 5.91 Å². The second kappa shape index (κ2) is 5.52. The molecule has 0 aromatic heterocycles. The molecule has 1 heterocycles. The third-order valence-electron chi connectivity index (χ3n) is 2.74. The molecular formula is C11H17N3O.